The molecule has 0 saturated carbocycles. The molecule has 0 radical (unpaired) electrons. The Bertz CT molecular complexity index is 117. The molecule has 0 aliphatic carbocycles. The van der Waals surface area contributed by atoms with Crippen LogP contribution in [0.15, 0.2) is 0 Å². The quantitative estimate of drug-likeness (QED) is 0.564. The van der Waals surface area contributed by atoms with Crippen LogP contribution in [-0.2, 0) is 0 Å². The Morgan fingerprint density at radius 1 is 0.909 bits per heavy atom. The Balaban J connectivity index is 3.91. The summed E-state index contributed by atoms with van der Waals surface area (Å²) in [5.74, 6) is 0. The standard InChI is InChI=1S/C7H19O3P/c1-3-5-7-11(8,9,10)6-4-2/h8-10H,3-7H2,1-2H3. The Kier molecular flexibility index (Phi) is 3.92. The van der Waals surface area contributed by atoms with Gasteiger partial charge in [-0.3, -0.25) is 0 Å². The minimum atomic E-state index is -4.18. The van der Waals surface area contributed by atoms with Crippen molar-refractivity contribution in [3.05, 3.63) is 0 Å². The first-order valence-corrected chi connectivity index (χ1v) is 6.61. The zero-order chi connectivity index (χ0) is 8.98. The first-order chi connectivity index (χ1) is 4.89. The SMILES string of the molecule is CCCCP(O)(O)(O)CCC. The van der Waals surface area contributed by atoms with Gasteiger partial charge in [0.2, 0.25) is 0 Å². The molecule has 0 spiro atoms. The van der Waals surface area contributed by atoms with Gasteiger partial charge < -0.3 is 0 Å². The van der Waals surface area contributed by atoms with Crippen molar-refractivity contribution in [3.63, 3.8) is 0 Å². The van der Waals surface area contributed by atoms with Gasteiger partial charge in [-0.2, -0.15) is 0 Å². The maximum atomic E-state index is 9.35. The molecular formula is C7H19O3P. The normalized spacial score (nSPS) is 15.9. The minimum absolute atomic E-state index is 0.144. The summed E-state index contributed by atoms with van der Waals surface area (Å²) in [6.07, 6.45) is 2.48. The second-order valence-corrected chi connectivity index (χ2v) is 6.72. The van der Waals surface area contributed by atoms with E-state index in [0.29, 0.717) is 12.8 Å². The van der Waals surface area contributed by atoms with Crippen LogP contribution in [0.5, 0.6) is 0 Å². The van der Waals surface area contributed by atoms with Crippen molar-refractivity contribution >= 4 is 7.28 Å². The van der Waals surface area contributed by atoms with Crippen LogP contribution in [0.3, 0.4) is 0 Å². The number of rotatable bonds is 5. The molecule has 3 nitrogen and oxygen atoms in total. The molecule has 0 aromatic heterocycles. The monoisotopic (exact) mass is 182 g/mol. The molecule has 0 amide bonds. The third-order valence-corrected chi connectivity index (χ3v) is 4.25. The van der Waals surface area contributed by atoms with Crippen LogP contribution in [0.2, 0.25) is 0 Å². The molecule has 3 N–H and O–H groups in total. The Labute approximate surface area is 68.2 Å². The van der Waals surface area contributed by atoms with Crippen LogP contribution < -0.4 is 0 Å². The number of hydrogen-bond acceptors (Lipinski definition) is 3. The average Bonchev–Trinajstić information content (AvgIpc) is 1.83. The van der Waals surface area contributed by atoms with Crippen molar-refractivity contribution in [2.45, 2.75) is 33.1 Å². The van der Waals surface area contributed by atoms with E-state index in [1.54, 1.807) is 0 Å². The van der Waals surface area contributed by atoms with Crippen LogP contribution in [0.25, 0.3) is 0 Å². The zero-order valence-electron chi connectivity index (χ0n) is 7.32. The summed E-state index contributed by atoms with van der Waals surface area (Å²) in [5, 5.41) is 0. The van der Waals surface area contributed by atoms with Crippen molar-refractivity contribution in [1.29, 1.82) is 0 Å². The van der Waals surface area contributed by atoms with Gasteiger partial charge in [-0.05, 0) is 0 Å². The Morgan fingerprint density at radius 3 is 1.82 bits per heavy atom. The Morgan fingerprint density at radius 2 is 1.45 bits per heavy atom. The predicted molar refractivity (Wildman–Crippen MR) is 48.5 cm³/mol. The van der Waals surface area contributed by atoms with E-state index in [-0.39, 0.29) is 12.3 Å². The van der Waals surface area contributed by atoms with Crippen LogP contribution in [0, 0.1) is 0 Å². The van der Waals surface area contributed by atoms with E-state index < -0.39 is 7.28 Å². The molecule has 70 valence electrons. The van der Waals surface area contributed by atoms with Gasteiger partial charge in [0.05, 0.1) is 0 Å². The molecule has 0 aromatic carbocycles. The summed E-state index contributed by atoms with van der Waals surface area (Å²) in [6.45, 7) is 3.79. The molecule has 0 rings (SSSR count). The number of unbranched alkanes of at least 4 members (excludes halogenated alkanes) is 1. The van der Waals surface area contributed by atoms with Gasteiger partial charge in [-0.1, -0.05) is 0 Å². The summed E-state index contributed by atoms with van der Waals surface area (Å²) < 4.78 is 0. The summed E-state index contributed by atoms with van der Waals surface area (Å²) in [7, 11) is -4.18. The topological polar surface area (TPSA) is 60.7 Å². The molecule has 0 fully saturated rings. The second-order valence-electron chi connectivity index (χ2n) is 3.14. The fraction of sp³-hybridized carbons (Fsp3) is 1.00. The van der Waals surface area contributed by atoms with Gasteiger partial charge in [0, 0.05) is 0 Å². The van der Waals surface area contributed by atoms with E-state index in [0.717, 1.165) is 6.42 Å². The molecule has 0 saturated heterocycles. The summed E-state index contributed by atoms with van der Waals surface area (Å²) in [5.41, 5.74) is 0. The van der Waals surface area contributed by atoms with Crippen LogP contribution in [0.1, 0.15) is 33.1 Å². The summed E-state index contributed by atoms with van der Waals surface area (Å²) in [4.78, 5) is 28.1. The first kappa shape index (κ1) is 11.3. The fourth-order valence-corrected chi connectivity index (χ4v) is 3.16. The number of hydrogen-bond donors (Lipinski definition) is 3. The summed E-state index contributed by atoms with van der Waals surface area (Å²) >= 11 is 0. The average molecular weight is 182 g/mol. The van der Waals surface area contributed by atoms with Gasteiger partial charge in [0.1, 0.15) is 0 Å². The fourth-order valence-electron chi connectivity index (χ4n) is 1.05. The van der Waals surface area contributed by atoms with Gasteiger partial charge in [0.25, 0.3) is 0 Å². The molecular weight excluding hydrogens is 163 g/mol. The van der Waals surface area contributed by atoms with Crippen LogP contribution in [-0.4, -0.2) is 27.0 Å². The van der Waals surface area contributed by atoms with Crippen LogP contribution >= 0.6 is 7.28 Å². The van der Waals surface area contributed by atoms with E-state index in [9.17, 15) is 14.7 Å². The Hall–Kier alpha value is 0.310. The predicted octanol–water partition coefficient (Wildman–Crippen LogP) is 1.47. The zero-order valence-corrected chi connectivity index (χ0v) is 8.22. The van der Waals surface area contributed by atoms with E-state index >= 15 is 0 Å². The maximum absolute atomic E-state index is 9.35. The van der Waals surface area contributed by atoms with E-state index in [2.05, 4.69) is 0 Å². The molecule has 0 aromatic rings. The van der Waals surface area contributed by atoms with Crippen molar-refractivity contribution in [1.82, 2.24) is 0 Å². The van der Waals surface area contributed by atoms with Gasteiger partial charge in [-0.15, -0.1) is 0 Å². The third-order valence-electron chi connectivity index (χ3n) is 1.65. The van der Waals surface area contributed by atoms with E-state index in [4.69, 9.17) is 0 Å². The first-order valence-electron chi connectivity index (χ1n) is 4.15. The van der Waals surface area contributed by atoms with Crippen molar-refractivity contribution in [2.24, 2.45) is 0 Å². The molecule has 0 atom stereocenters. The van der Waals surface area contributed by atoms with Gasteiger partial charge in [-0.25, -0.2) is 0 Å². The molecule has 0 heterocycles. The van der Waals surface area contributed by atoms with Crippen LogP contribution in [0.4, 0.5) is 0 Å². The molecule has 4 heteroatoms. The van der Waals surface area contributed by atoms with Crippen molar-refractivity contribution < 1.29 is 14.7 Å². The second kappa shape index (κ2) is 3.81. The molecule has 0 bridgehead atoms. The molecule has 0 aliphatic heterocycles. The van der Waals surface area contributed by atoms with Gasteiger partial charge in [0.15, 0.2) is 0 Å². The molecule has 11 heavy (non-hydrogen) atoms. The summed E-state index contributed by atoms with van der Waals surface area (Å²) in [6, 6.07) is 0. The third kappa shape index (κ3) is 5.57. The molecule has 0 aliphatic rings. The van der Waals surface area contributed by atoms with Gasteiger partial charge >= 0.3 is 67.4 Å². The van der Waals surface area contributed by atoms with Crippen molar-refractivity contribution in [2.75, 3.05) is 12.3 Å². The van der Waals surface area contributed by atoms with Crippen molar-refractivity contribution in [3.8, 4) is 0 Å². The van der Waals surface area contributed by atoms with E-state index in [1.165, 1.54) is 0 Å². The van der Waals surface area contributed by atoms with E-state index in [1.807, 2.05) is 13.8 Å². The molecule has 0 unspecified atom stereocenters.